The minimum atomic E-state index is -0.469. The topological polar surface area (TPSA) is 55.8 Å². The minimum Gasteiger partial charge on any atom is -0.464 e. The van der Waals surface area contributed by atoms with E-state index in [4.69, 9.17) is 9.47 Å². The number of ether oxygens (including phenoxy) is 2. The number of rotatable bonds is 22. The number of hydrogen-bond donors (Lipinski definition) is 0. The summed E-state index contributed by atoms with van der Waals surface area (Å²) in [6.45, 7) is 5.93. The van der Waals surface area contributed by atoms with Crippen LogP contribution in [0.3, 0.4) is 0 Å². The number of esters is 1. The lowest BCUT2D eigenvalue weighted by atomic mass is 10.0. The third kappa shape index (κ3) is 16.9. The Bertz CT molecular complexity index is 511. The Morgan fingerprint density at radius 2 is 1.03 bits per heavy atom. The maximum absolute atomic E-state index is 12.6. The van der Waals surface area contributed by atoms with Crippen molar-refractivity contribution in [1.82, 2.24) is 4.90 Å². The molecule has 1 rings (SSSR count). The van der Waals surface area contributed by atoms with E-state index in [0.29, 0.717) is 26.2 Å². The van der Waals surface area contributed by atoms with Crippen LogP contribution in [0.15, 0.2) is 0 Å². The van der Waals surface area contributed by atoms with Crippen LogP contribution in [-0.2, 0) is 14.3 Å². The number of carbonyl (C=O) groups excluding carboxylic acids is 2. The summed E-state index contributed by atoms with van der Waals surface area (Å²) in [5.74, 6) is -0.252. The van der Waals surface area contributed by atoms with E-state index in [1.807, 2.05) is 0 Å². The van der Waals surface area contributed by atoms with Crippen molar-refractivity contribution in [2.75, 3.05) is 19.8 Å². The molecular formula is C30H57NO4. The van der Waals surface area contributed by atoms with E-state index in [-0.39, 0.29) is 12.1 Å². The van der Waals surface area contributed by atoms with Crippen molar-refractivity contribution in [3.05, 3.63) is 0 Å². The van der Waals surface area contributed by atoms with E-state index in [9.17, 15) is 9.59 Å². The average Bonchev–Trinajstić information content (AvgIpc) is 2.88. The molecule has 1 atom stereocenters. The van der Waals surface area contributed by atoms with Gasteiger partial charge in [-0.05, 0) is 32.1 Å². The average molecular weight is 496 g/mol. The fraction of sp³-hybridized carbons (Fsp3) is 0.933. The van der Waals surface area contributed by atoms with E-state index in [2.05, 4.69) is 13.8 Å². The highest BCUT2D eigenvalue weighted by Gasteiger charge is 2.34. The third-order valence-electron chi connectivity index (χ3n) is 7.23. The van der Waals surface area contributed by atoms with Gasteiger partial charge in [0.25, 0.3) is 0 Å². The highest BCUT2D eigenvalue weighted by Crippen LogP contribution is 2.20. The van der Waals surface area contributed by atoms with Gasteiger partial charge in [-0.15, -0.1) is 0 Å². The van der Waals surface area contributed by atoms with E-state index < -0.39 is 6.04 Å². The van der Waals surface area contributed by atoms with Crippen LogP contribution in [0.5, 0.6) is 0 Å². The van der Waals surface area contributed by atoms with E-state index >= 15 is 0 Å². The lowest BCUT2D eigenvalue weighted by Crippen LogP contribution is -2.49. The van der Waals surface area contributed by atoms with Gasteiger partial charge in [0, 0.05) is 6.54 Å². The third-order valence-corrected chi connectivity index (χ3v) is 7.23. The zero-order chi connectivity index (χ0) is 25.4. The maximum Gasteiger partial charge on any atom is 0.410 e. The molecule has 5 heteroatoms. The molecule has 0 saturated carbocycles. The van der Waals surface area contributed by atoms with Crippen molar-refractivity contribution in [2.45, 2.75) is 161 Å². The van der Waals surface area contributed by atoms with Crippen LogP contribution in [0.1, 0.15) is 155 Å². The molecule has 0 radical (unpaired) electrons. The summed E-state index contributed by atoms with van der Waals surface area (Å²) in [7, 11) is 0. The van der Waals surface area contributed by atoms with Gasteiger partial charge in [0.15, 0.2) is 0 Å². The van der Waals surface area contributed by atoms with Crippen molar-refractivity contribution in [1.29, 1.82) is 0 Å². The first-order valence-electron chi connectivity index (χ1n) is 15.3. The second-order valence-corrected chi connectivity index (χ2v) is 10.5. The molecule has 5 nitrogen and oxygen atoms in total. The van der Waals surface area contributed by atoms with E-state index in [0.717, 1.165) is 51.4 Å². The largest absolute Gasteiger partial charge is 0.464 e. The Morgan fingerprint density at radius 3 is 1.54 bits per heavy atom. The maximum atomic E-state index is 12.6. The molecule has 0 bridgehead atoms. The van der Waals surface area contributed by atoms with E-state index in [1.165, 1.54) is 83.5 Å². The molecule has 206 valence electrons. The lowest BCUT2D eigenvalue weighted by Gasteiger charge is -2.33. The molecule has 1 heterocycles. The Hall–Kier alpha value is -1.26. The molecular weight excluding hydrogens is 438 g/mol. The van der Waals surface area contributed by atoms with Crippen molar-refractivity contribution < 1.29 is 19.1 Å². The van der Waals surface area contributed by atoms with Crippen LogP contribution in [0.2, 0.25) is 0 Å². The highest BCUT2D eigenvalue weighted by molar-refractivity contribution is 5.81. The molecule has 0 N–H and O–H groups in total. The van der Waals surface area contributed by atoms with Crippen molar-refractivity contribution in [3.8, 4) is 0 Å². The van der Waals surface area contributed by atoms with Gasteiger partial charge in [-0.2, -0.15) is 0 Å². The minimum absolute atomic E-state index is 0.252. The number of carbonyl (C=O) groups is 2. The van der Waals surface area contributed by atoms with Gasteiger partial charge in [0.05, 0.1) is 13.2 Å². The van der Waals surface area contributed by atoms with Gasteiger partial charge < -0.3 is 9.47 Å². The number of piperidine rings is 1. The summed E-state index contributed by atoms with van der Waals surface area (Å²) >= 11 is 0. The second kappa shape index (κ2) is 23.2. The van der Waals surface area contributed by atoms with Crippen LogP contribution >= 0.6 is 0 Å². The van der Waals surface area contributed by atoms with Gasteiger partial charge in [-0.25, -0.2) is 9.59 Å². The van der Waals surface area contributed by atoms with Crippen molar-refractivity contribution >= 4 is 12.1 Å². The predicted octanol–water partition coefficient (Wildman–Crippen LogP) is 8.97. The first kappa shape index (κ1) is 31.8. The van der Waals surface area contributed by atoms with Crippen LogP contribution in [0, 0.1) is 0 Å². The van der Waals surface area contributed by atoms with Crippen LogP contribution in [0.4, 0.5) is 4.79 Å². The molecule has 1 unspecified atom stereocenters. The van der Waals surface area contributed by atoms with Gasteiger partial charge >= 0.3 is 12.1 Å². The van der Waals surface area contributed by atoms with Crippen LogP contribution in [-0.4, -0.2) is 42.8 Å². The molecule has 0 aromatic heterocycles. The highest BCUT2D eigenvalue weighted by atomic mass is 16.6. The van der Waals surface area contributed by atoms with E-state index in [1.54, 1.807) is 4.90 Å². The quantitative estimate of drug-likeness (QED) is 0.111. The predicted molar refractivity (Wildman–Crippen MR) is 146 cm³/mol. The Balaban J connectivity index is 2.00. The first-order chi connectivity index (χ1) is 17.2. The molecule has 0 aromatic carbocycles. The molecule has 1 amide bonds. The zero-order valence-electron chi connectivity index (χ0n) is 23.3. The molecule has 1 fully saturated rings. The molecule has 0 aliphatic carbocycles. The SMILES string of the molecule is CCCCCCCCCCCCCCCCCOC(=O)C1CCCCN1C(=O)OCCCCCC. The molecule has 35 heavy (non-hydrogen) atoms. The van der Waals surface area contributed by atoms with Gasteiger partial charge in [-0.3, -0.25) is 4.90 Å². The summed E-state index contributed by atoms with van der Waals surface area (Å²) in [5, 5.41) is 0. The summed E-state index contributed by atoms with van der Waals surface area (Å²) in [4.78, 5) is 26.7. The Morgan fingerprint density at radius 1 is 0.600 bits per heavy atom. The number of nitrogens with zero attached hydrogens (tertiary/aromatic N) is 1. The fourth-order valence-corrected chi connectivity index (χ4v) is 4.91. The van der Waals surface area contributed by atoms with Gasteiger partial charge in [-0.1, -0.05) is 123 Å². The smallest absolute Gasteiger partial charge is 0.410 e. The van der Waals surface area contributed by atoms with Crippen LogP contribution < -0.4 is 0 Å². The molecule has 1 saturated heterocycles. The number of hydrogen-bond acceptors (Lipinski definition) is 4. The lowest BCUT2D eigenvalue weighted by molar-refractivity contribution is -0.150. The van der Waals surface area contributed by atoms with Crippen molar-refractivity contribution in [2.24, 2.45) is 0 Å². The number of unbranched alkanes of at least 4 members (excludes halogenated alkanes) is 17. The summed E-state index contributed by atoms with van der Waals surface area (Å²) in [5.41, 5.74) is 0. The normalized spacial score (nSPS) is 15.8. The Kier molecular flexibility index (Phi) is 21.0. The van der Waals surface area contributed by atoms with Crippen LogP contribution in [0.25, 0.3) is 0 Å². The summed E-state index contributed by atoms with van der Waals surface area (Å²) in [6.07, 6.45) is 26.3. The van der Waals surface area contributed by atoms with Crippen molar-refractivity contribution in [3.63, 3.8) is 0 Å². The molecule has 1 aliphatic rings. The zero-order valence-corrected chi connectivity index (χ0v) is 23.3. The van der Waals surface area contributed by atoms with Gasteiger partial charge in [0.1, 0.15) is 6.04 Å². The summed E-state index contributed by atoms with van der Waals surface area (Å²) < 4.78 is 11.0. The monoisotopic (exact) mass is 495 g/mol. The first-order valence-corrected chi connectivity index (χ1v) is 15.3. The number of amides is 1. The molecule has 0 spiro atoms. The standard InChI is InChI=1S/C30H57NO4/c1-3-5-7-9-10-11-12-13-14-15-16-17-18-19-23-26-34-29(32)28-24-20-21-25-31(28)30(33)35-27-22-8-6-4-2/h28H,3-27H2,1-2H3. The fourth-order valence-electron chi connectivity index (χ4n) is 4.91. The molecule has 0 aromatic rings. The molecule has 1 aliphatic heterocycles. The van der Waals surface area contributed by atoms with Gasteiger partial charge in [0.2, 0.25) is 0 Å². The number of likely N-dealkylation sites (tertiary alicyclic amines) is 1. The second-order valence-electron chi connectivity index (χ2n) is 10.5. The summed E-state index contributed by atoms with van der Waals surface area (Å²) in [6, 6.07) is -0.469. The Labute approximate surface area is 217 Å².